The van der Waals surface area contributed by atoms with Gasteiger partial charge < -0.3 is 10.6 Å². The van der Waals surface area contributed by atoms with Crippen molar-refractivity contribution >= 4 is 17.7 Å². The van der Waals surface area contributed by atoms with Crippen molar-refractivity contribution in [1.82, 2.24) is 9.80 Å². The molecule has 5 heteroatoms. The summed E-state index contributed by atoms with van der Waals surface area (Å²) in [6, 6.07) is 18.7. The van der Waals surface area contributed by atoms with Gasteiger partial charge in [0.25, 0.3) is 5.91 Å². The van der Waals surface area contributed by atoms with Crippen molar-refractivity contribution in [3.63, 3.8) is 0 Å². The van der Waals surface area contributed by atoms with E-state index >= 15 is 0 Å². The van der Waals surface area contributed by atoms with Gasteiger partial charge in [0.1, 0.15) is 0 Å². The summed E-state index contributed by atoms with van der Waals surface area (Å²) in [6.07, 6.45) is 0. The fourth-order valence-corrected chi connectivity index (χ4v) is 5.29. The van der Waals surface area contributed by atoms with Crippen LogP contribution >= 0.6 is 11.8 Å². The minimum atomic E-state index is 0.123. The molecule has 4 nitrogen and oxygen atoms in total. The Kier molecular flexibility index (Phi) is 6.35. The topological polar surface area (TPSA) is 49.6 Å². The van der Waals surface area contributed by atoms with Crippen molar-refractivity contribution in [2.24, 2.45) is 11.7 Å². The molecule has 148 valence electrons. The van der Waals surface area contributed by atoms with Crippen LogP contribution in [0.3, 0.4) is 0 Å². The number of nitrogens with zero attached hydrogens (tertiary/aromatic N) is 2. The van der Waals surface area contributed by atoms with Gasteiger partial charge in [-0.3, -0.25) is 9.69 Å². The van der Waals surface area contributed by atoms with Gasteiger partial charge in [-0.15, -0.1) is 0 Å². The minimum absolute atomic E-state index is 0.123. The molecule has 2 atom stereocenters. The van der Waals surface area contributed by atoms with Gasteiger partial charge in [0.15, 0.2) is 0 Å². The molecular formula is C23H29N3OS. The Bertz CT molecular complexity index is 774. The van der Waals surface area contributed by atoms with E-state index in [1.807, 2.05) is 34.9 Å². The van der Waals surface area contributed by atoms with E-state index in [9.17, 15) is 4.79 Å². The second-order valence-corrected chi connectivity index (χ2v) is 9.03. The summed E-state index contributed by atoms with van der Waals surface area (Å²) < 4.78 is 0. The third-order valence-corrected chi connectivity index (χ3v) is 6.91. The summed E-state index contributed by atoms with van der Waals surface area (Å²) in [5, 5.41) is 0. The lowest BCUT2D eigenvalue weighted by Crippen LogP contribution is -2.32. The summed E-state index contributed by atoms with van der Waals surface area (Å²) in [7, 11) is 0. The molecule has 2 aliphatic heterocycles. The van der Waals surface area contributed by atoms with E-state index in [-0.39, 0.29) is 5.91 Å². The van der Waals surface area contributed by atoms with Gasteiger partial charge in [-0.25, -0.2) is 0 Å². The molecule has 0 bridgehead atoms. The number of nitrogens with two attached hydrogens (primary N) is 1. The molecule has 2 aromatic carbocycles. The molecule has 1 amide bonds. The average Bonchev–Trinajstić information content (AvgIpc) is 3.20. The Morgan fingerprint density at radius 2 is 1.71 bits per heavy atom. The van der Waals surface area contributed by atoms with Crippen molar-refractivity contribution in [2.45, 2.75) is 12.5 Å². The van der Waals surface area contributed by atoms with Gasteiger partial charge >= 0.3 is 0 Å². The zero-order valence-corrected chi connectivity index (χ0v) is 17.1. The van der Waals surface area contributed by atoms with E-state index in [0.29, 0.717) is 18.4 Å². The van der Waals surface area contributed by atoms with Crippen molar-refractivity contribution in [3.8, 4) is 0 Å². The lowest BCUT2D eigenvalue weighted by molar-refractivity contribution is 0.0786. The number of likely N-dealkylation sites (tertiary alicyclic amines) is 1. The fraction of sp³-hybridized carbons (Fsp3) is 0.435. The number of benzene rings is 2. The van der Waals surface area contributed by atoms with Crippen LogP contribution in [0.4, 0.5) is 0 Å². The number of thioether (sulfide) groups is 1. The molecule has 2 heterocycles. The number of carbonyl (C=O) groups is 1. The van der Waals surface area contributed by atoms with E-state index < -0.39 is 0 Å². The molecule has 2 fully saturated rings. The molecule has 2 N–H and O–H groups in total. The van der Waals surface area contributed by atoms with Crippen LogP contribution in [0.5, 0.6) is 0 Å². The van der Waals surface area contributed by atoms with Gasteiger partial charge in [-0.2, -0.15) is 11.8 Å². The number of amides is 1. The Morgan fingerprint density at radius 3 is 2.39 bits per heavy atom. The summed E-state index contributed by atoms with van der Waals surface area (Å²) in [5.74, 6) is 3.21. The highest BCUT2D eigenvalue weighted by Crippen LogP contribution is 2.32. The van der Waals surface area contributed by atoms with Gasteiger partial charge in [-0.05, 0) is 35.7 Å². The van der Waals surface area contributed by atoms with Crippen LogP contribution in [-0.4, -0.2) is 59.9 Å². The predicted octanol–water partition coefficient (Wildman–Crippen LogP) is 3.05. The van der Waals surface area contributed by atoms with Crippen LogP contribution < -0.4 is 5.73 Å². The molecular weight excluding hydrogens is 366 g/mol. The first-order valence-electron chi connectivity index (χ1n) is 10.2. The molecule has 2 aliphatic rings. The zero-order chi connectivity index (χ0) is 19.3. The zero-order valence-electron chi connectivity index (χ0n) is 16.3. The summed E-state index contributed by atoms with van der Waals surface area (Å²) >= 11 is 2.03. The normalized spacial score (nSPS) is 23.1. The van der Waals surface area contributed by atoms with Crippen LogP contribution in [0.25, 0.3) is 0 Å². The van der Waals surface area contributed by atoms with E-state index in [4.69, 9.17) is 5.73 Å². The van der Waals surface area contributed by atoms with Gasteiger partial charge in [0.05, 0.1) is 0 Å². The monoisotopic (exact) mass is 395 g/mol. The van der Waals surface area contributed by atoms with E-state index in [1.54, 1.807) is 0 Å². The van der Waals surface area contributed by atoms with Crippen molar-refractivity contribution in [1.29, 1.82) is 0 Å². The van der Waals surface area contributed by atoms with Crippen molar-refractivity contribution in [2.75, 3.05) is 44.2 Å². The fourth-order valence-electron chi connectivity index (χ4n) is 4.31. The standard InChI is InChI=1S/C23H29N3OS/c24-14-21-16-26(17-22(21)19-4-2-1-3-5-19)23(27)20-8-6-18(7-9-20)15-25-10-12-28-13-11-25/h1-9,21-22H,10-17,24H2/t21-,22+/m1/s1. The second kappa shape index (κ2) is 9.12. The Labute approximate surface area is 172 Å². The Balaban J connectivity index is 1.41. The molecule has 0 spiro atoms. The lowest BCUT2D eigenvalue weighted by atomic mass is 9.89. The first-order valence-corrected chi connectivity index (χ1v) is 11.3. The van der Waals surface area contributed by atoms with E-state index in [1.165, 1.54) is 22.6 Å². The maximum absolute atomic E-state index is 13.1. The molecule has 0 radical (unpaired) electrons. The average molecular weight is 396 g/mol. The molecule has 0 aromatic heterocycles. The first-order chi connectivity index (χ1) is 13.7. The first kappa shape index (κ1) is 19.5. The Morgan fingerprint density at radius 1 is 1.00 bits per heavy atom. The number of carbonyl (C=O) groups excluding carboxylic acids is 1. The van der Waals surface area contributed by atoms with Crippen molar-refractivity contribution in [3.05, 3.63) is 71.3 Å². The van der Waals surface area contributed by atoms with Gasteiger partial charge in [0.2, 0.25) is 0 Å². The molecule has 4 rings (SSSR count). The predicted molar refractivity (Wildman–Crippen MR) is 117 cm³/mol. The van der Waals surface area contributed by atoms with E-state index in [2.05, 4.69) is 41.3 Å². The lowest BCUT2D eigenvalue weighted by Gasteiger charge is -2.26. The summed E-state index contributed by atoms with van der Waals surface area (Å²) in [6.45, 7) is 5.38. The number of hydrogen-bond donors (Lipinski definition) is 1. The maximum atomic E-state index is 13.1. The largest absolute Gasteiger partial charge is 0.338 e. The molecule has 28 heavy (non-hydrogen) atoms. The highest BCUT2D eigenvalue weighted by atomic mass is 32.2. The van der Waals surface area contributed by atoms with Crippen molar-refractivity contribution < 1.29 is 4.79 Å². The quantitative estimate of drug-likeness (QED) is 0.845. The summed E-state index contributed by atoms with van der Waals surface area (Å²) in [5.41, 5.74) is 9.37. The SMILES string of the molecule is NC[C@@H]1CN(C(=O)c2ccc(CN3CCSCC3)cc2)C[C@H]1c1ccccc1. The van der Waals surface area contributed by atoms with Crippen LogP contribution in [0.2, 0.25) is 0 Å². The molecule has 0 aliphatic carbocycles. The maximum Gasteiger partial charge on any atom is 0.253 e. The highest BCUT2D eigenvalue weighted by Gasteiger charge is 2.35. The summed E-state index contributed by atoms with van der Waals surface area (Å²) in [4.78, 5) is 17.5. The minimum Gasteiger partial charge on any atom is -0.338 e. The van der Waals surface area contributed by atoms with Crippen LogP contribution in [0.15, 0.2) is 54.6 Å². The molecule has 2 saturated heterocycles. The van der Waals surface area contributed by atoms with Gasteiger partial charge in [-0.1, -0.05) is 42.5 Å². The molecule has 0 saturated carbocycles. The highest BCUT2D eigenvalue weighted by molar-refractivity contribution is 7.99. The third kappa shape index (κ3) is 4.43. The third-order valence-electron chi connectivity index (χ3n) is 5.97. The second-order valence-electron chi connectivity index (χ2n) is 7.81. The smallest absolute Gasteiger partial charge is 0.253 e. The molecule has 0 unspecified atom stereocenters. The van der Waals surface area contributed by atoms with Crippen LogP contribution in [0.1, 0.15) is 27.4 Å². The van der Waals surface area contributed by atoms with Crippen LogP contribution in [-0.2, 0) is 6.54 Å². The van der Waals surface area contributed by atoms with Gasteiger partial charge in [0, 0.05) is 55.7 Å². The van der Waals surface area contributed by atoms with Crippen LogP contribution in [0, 0.1) is 5.92 Å². The number of rotatable bonds is 5. The molecule has 2 aromatic rings. The Hall–Kier alpha value is -1.82. The number of hydrogen-bond acceptors (Lipinski definition) is 4. The van der Waals surface area contributed by atoms with E-state index in [0.717, 1.165) is 38.3 Å².